The van der Waals surface area contributed by atoms with Crippen LogP contribution in [0.5, 0.6) is 5.75 Å². The minimum atomic E-state index is -2.87. The van der Waals surface area contributed by atoms with Crippen LogP contribution < -0.4 is 15.4 Å². The number of para-hydroxylation sites is 1. The third kappa shape index (κ3) is 5.77. The molecule has 0 amide bonds. The number of nitrogens with zero attached hydrogens (tertiary/aromatic N) is 2. The Hall–Kier alpha value is -3.14. The van der Waals surface area contributed by atoms with Crippen LogP contribution in [0.3, 0.4) is 0 Å². The van der Waals surface area contributed by atoms with Crippen LogP contribution >= 0.6 is 0 Å². The summed E-state index contributed by atoms with van der Waals surface area (Å²) in [5, 5.41) is 15.0. The van der Waals surface area contributed by atoms with E-state index in [9.17, 15) is 8.78 Å². The van der Waals surface area contributed by atoms with Crippen LogP contribution in [0.25, 0.3) is 0 Å². The van der Waals surface area contributed by atoms with Gasteiger partial charge in [0.05, 0.1) is 11.6 Å². The summed E-state index contributed by atoms with van der Waals surface area (Å²) < 4.78 is 29.4. The van der Waals surface area contributed by atoms with Crippen LogP contribution in [0.15, 0.2) is 53.5 Å². The van der Waals surface area contributed by atoms with Gasteiger partial charge in [0.1, 0.15) is 5.75 Å². The molecule has 25 heavy (non-hydrogen) atoms. The molecule has 0 aliphatic heterocycles. The molecule has 5 nitrogen and oxygen atoms in total. The Morgan fingerprint density at radius 2 is 1.80 bits per heavy atom. The molecule has 0 aliphatic carbocycles. The molecule has 2 rings (SSSR count). The van der Waals surface area contributed by atoms with E-state index in [0.29, 0.717) is 23.6 Å². The Morgan fingerprint density at radius 1 is 1.12 bits per heavy atom. The standard InChI is InChI=1S/C18H18F2N4O/c1-22-18(23-11-14-8-6-13(10-21)7-9-14)24-12-15-4-2-3-5-16(15)25-17(19)20/h2-9,17H,11-12H2,1H3,(H2,22,23,24). The molecule has 0 heterocycles. The number of ether oxygens (including phenoxy) is 1. The summed E-state index contributed by atoms with van der Waals surface area (Å²) in [7, 11) is 1.62. The summed E-state index contributed by atoms with van der Waals surface area (Å²) in [6.45, 7) is -2.06. The monoisotopic (exact) mass is 344 g/mol. The van der Waals surface area contributed by atoms with Crippen molar-refractivity contribution in [1.82, 2.24) is 10.6 Å². The van der Waals surface area contributed by atoms with Crippen LogP contribution in [0, 0.1) is 11.3 Å². The number of benzene rings is 2. The van der Waals surface area contributed by atoms with E-state index in [1.807, 2.05) is 12.1 Å². The smallest absolute Gasteiger partial charge is 0.387 e. The normalized spacial score (nSPS) is 11.1. The number of rotatable bonds is 6. The first-order chi connectivity index (χ1) is 12.1. The molecule has 0 atom stereocenters. The van der Waals surface area contributed by atoms with E-state index in [1.54, 1.807) is 37.4 Å². The Kier molecular flexibility index (Phi) is 6.72. The van der Waals surface area contributed by atoms with E-state index in [0.717, 1.165) is 5.56 Å². The molecule has 2 aromatic carbocycles. The number of alkyl halides is 2. The molecule has 130 valence electrons. The van der Waals surface area contributed by atoms with Gasteiger partial charge in [0.25, 0.3) is 0 Å². The Labute approximate surface area is 145 Å². The topological polar surface area (TPSA) is 69.4 Å². The first-order valence-electron chi connectivity index (χ1n) is 7.58. The molecule has 0 saturated carbocycles. The van der Waals surface area contributed by atoms with Crippen LogP contribution in [-0.2, 0) is 13.1 Å². The van der Waals surface area contributed by atoms with Gasteiger partial charge in [0.2, 0.25) is 0 Å². The third-order valence-corrected chi connectivity index (χ3v) is 3.40. The van der Waals surface area contributed by atoms with Gasteiger partial charge in [-0.25, -0.2) is 0 Å². The fourth-order valence-corrected chi connectivity index (χ4v) is 2.14. The van der Waals surface area contributed by atoms with Crippen molar-refractivity contribution in [1.29, 1.82) is 5.26 Å². The van der Waals surface area contributed by atoms with Crippen molar-refractivity contribution < 1.29 is 13.5 Å². The first-order valence-corrected chi connectivity index (χ1v) is 7.58. The maximum atomic E-state index is 12.4. The Bertz CT molecular complexity index is 754. The molecule has 0 radical (unpaired) electrons. The average molecular weight is 344 g/mol. The van der Waals surface area contributed by atoms with Crippen molar-refractivity contribution in [2.45, 2.75) is 19.7 Å². The van der Waals surface area contributed by atoms with Crippen LogP contribution in [0.4, 0.5) is 8.78 Å². The van der Waals surface area contributed by atoms with E-state index in [1.165, 1.54) is 6.07 Å². The number of nitriles is 1. The maximum absolute atomic E-state index is 12.4. The minimum absolute atomic E-state index is 0.132. The number of nitrogens with one attached hydrogen (secondary N) is 2. The van der Waals surface area contributed by atoms with Gasteiger partial charge in [0.15, 0.2) is 5.96 Å². The fourth-order valence-electron chi connectivity index (χ4n) is 2.14. The summed E-state index contributed by atoms with van der Waals surface area (Å²) in [6.07, 6.45) is 0. The van der Waals surface area contributed by atoms with Crippen molar-refractivity contribution in [3.05, 3.63) is 65.2 Å². The van der Waals surface area contributed by atoms with Crippen molar-refractivity contribution in [3.8, 4) is 11.8 Å². The molecule has 2 aromatic rings. The third-order valence-electron chi connectivity index (χ3n) is 3.40. The molecular weight excluding hydrogens is 326 g/mol. The molecule has 0 unspecified atom stereocenters. The molecule has 0 bridgehead atoms. The SMILES string of the molecule is CN=C(NCc1ccc(C#N)cc1)NCc1ccccc1OC(F)F. The largest absolute Gasteiger partial charge is 0.434 e. The van der Waals surface area contributed by atoms with Gasteiger partial charge < -0.3 is 15.4 Å². The fraction of sp³-hybridized carbons (Fsp3) is 0.222. The second-order valence-electron chi connectivity index (χ2n) is 5.07. The molecule has 0 saturated heterocycles. The Morgan fingerprint density at radius 3 is 2.44 bits per heavy atom. The van der Waals surface area contributed by atoms with Gasteiger partial charge in [0, 0.05) is 25.7 Å². The van der Waals surface area contributed by atoms with Crippen LogP contribution in [0.2, 0.25) is 0 Å². The van der Waals surface area contributed by atoms with Crippen molar-refractivity contribution >= 4 is 5.96 Å². The highest BCUT2D eigenvalue weighted by Gasteiger charge is 2.09. The zero-order chi connectivity index (χ0) is 18.1. The number of hydrogen-bond donors (Lipinski definition) is 2. The lowest BCUT2D eigenvalue weighted by Crippen LogP contribution is -2.36. The van der Waals surface area contributed by atoms with Gasteiger partial charge in [-0.15, -0.1) is 0 Å². The summed E-state index contributed by atoms with van der Waals surface area (Å²) in [6, 6.07) is 15.8. The highest BCUT2D eigenvalue weighted by Crippen LogP contribution is 2.19. The molecule has 0 aliphatic rings. The average Bonchev–Trinajstić information content (AvgIpc) is 2.63. The van der Waals surface area contributed by atoms with Crippen LogP contribution in [-0.4, -0.2) is 19.6 Å². The molecular formula is C18H18F2N4O. The molecule has 0 aromatic heterocycles. The van der Waals surface area contributed by atoms with E-state index < -0.39 is 6.61 Å². The molecule has 7 heteroatoms. The quantitative estimate of drug-likeness (QED) is 0.624. The van der Waals surface area contributed by atoms with E-state index >= 15 is 0 Å². The van der Waals surface area contributed by atoms with E-state index in [2.05, 4.69) is 26.4 Å². The predicted octanol–water partition coefficient (Wildman–Crippen LogP) is 3.02. The maximum Gasteiger partial charge on any atom is 0.387 e. The van der Waals surface area contributed by atoms with Crippen molar-refractivity contribution in [2.75, 3.05) is 7.05 Å². The first kappa shape index (κ1) is 18.2. The number of aliphatic imine (C=N–C) groups is 1. The summed E-state index contributed by atoms with van der Waals surface area (Å²) >= 11 is 0. The van der Waals surface area contributed by atoms with Gasteiger partial charge in [-0.05, 0) is 23.8 Å². The second kappa shape index (κ2) is 9.23. The lowest BCUT2D eigenvalue weighted by Gasteiger charge is -2.14. The highest BCUT2D eigenvalue weighted by molar-refractivity contribution is 5.79. The summed E-state index contributed by atoms with van der Waals surface area (Å²) in [5.74, 6) is 0.656. The van der Waals surface area contributed by atoms with Gasteiger partial charge in [-0.3, -0.25) is 4.99 Å². The predicted molar refractivity (Wildman–Crippen MR) is 91.3 cm³/mol. The minimum Gasteiger partial charge on any atom is -0.434 e. The molecule has 2 N–H and O–H groups in total. The van der Waals surface area contributed by atoms with Crippen LogP contribution in [0.1, 0.15) is 16.7 Å². The summed E-state index contributed by atoms with van der Waals surface area (Å²) in [4.78, 5) is 4.10. The van der Waals surface area contributed by atoms with Crippen molar-refractivity contribution in [3.63, 3.8) is 0 Å². The highest BCUT2D eigenvalue weighted by atomic mass is 19.3. The molecule has 0 fully saturated rings. The van der Waals surface area contributed by atoms with E-state index in [-0.39, 0.29) is 12.3 Å². The zero-order valence-electron chi connectivity index (χ0n) is 13.7. The van der Waals surface area contributed by atoms with Crippen molar-refractivity contribution in [2.24, 2.45) is 4.99 Å². The summed E-state index contributed by atoms with van der Waals surface area (Å²) in [5.41, 5.74) is 2.19. The second-order valence-corrected chi connectivity index (χ2v) is 5.07. The number of halogens is 2. The molecule has 0 spiro atoms. The van der Waals surface area contributed by atoms with Gasteiger partial charge >= 0.3 is 6.61 Å². The van der Waals surface area contributed by atoms with Gasteiger partial charge in [-0.1, -0.05) is 30.3 Å². The number of guanidine groups is 1. The van der Waals surface area contributed by atoms with Gasteiger partial charge in [-0.2, -0.15) is 14.0 Å². The Balaban J connectivity index is 1.91. The number of hydrogen-bond acceptors (Lipinski definition) is 3. The lowest BCUT2D eigenvalue weighted by molar-refractivity contribution is -0.0504. The zero-order valence-corrected chi connectivity index (χ0v) is 13.7. The lowest BCUT2D eigenvalue weighted by atomic mass is 10.1. The van der Waals surface area contributed by atoms with E-state index in [4.69, 9.17) is 5.26 Å².